The van der Waals surface area contributed by atoms with Crippen LogP contribution in [0.1, 0.15) is 10.6 Å². The van der Waals surface area contributed by atoms with Gasteiger partial charge in [0, 0.05) is 5.56 Å². The molecule has 0 aliphatic carbocycles. The predicted molar refractivity (Wildman–Crippen MR) is 73.8 cm³/mol. The number of imidazole rings is 1. The van der Waals surface area contributed by atoms with Crippen LogP contribution in [0.2, 0.25) is 0 Å². The Bertz CT molecular complexity index is 634. The number of hydrogen-bond acceptors (Lipinski definition) is 4. The zero-order chi connectivity index (χ0) is 12.5. The van der Waals surface area contributed by atoms with Crippen LogP contribution in [0.4, 0.5) is 0 Å². The highest BCUT2D eigenvalue weighted by Gasteiger charge is 2.07. The van der Waals surface area contributed by atoms with Crippen molar-refractivity contribution in [2.45, 2.75) is 13.3 Å². The number of fused-ring (bicyclic) bond motifs is 1. The van der Waals surface area contributed by atoms with Gasteiger partial charge >= 0.3 is 0 Å². The van der Waals surface area contributed by atoms with E-state index in [2.05, 4.69) is 34.3 Å². The van der Waals surface area contributed by atoms with Gasteiger partial charge in [-0.25, -0.2) is 9.50 Å². The lowest BCUT2D eigenvalue weighted by Gasteiger charge is -2.00. The Labute approximate surface area is 109 Å². The van der Waals surface area contributed by atoms with Crippen molar-refractivity contribution in [1.82, 2.24) is 14.6 Å². The summed E-state index contributed by atoms with van der Waals surface area (Å²) in [5.41, 5.74) is 8.88. The highest BCUT2D eigenvalue weighted by Crippen LogP contribution is 2.22. The fourth-order valence-corrected chi connectivity index (χ4v) is 2.67. The second-order valence-corrected chi connectivity index (χ2v) is 5.37. The fourth-order valence-electron chi connectivity index (χ4n) is 1.95. The smallest absolute Gasteiger partial charge is 0.212 e. The molecule has 0 fully saturated rings. The van der Waals surface area contributed by atoms with Gasteiger partial charge < -0.3 is 5.73 Å². The van der Waals surface area contributed by atoms with Gasteiger partial charge in [-0.3, -0.25) is 0 Å². The molecule has 0 amide bonds. The van der Waals surface area contributed by atoms with Crippen LogP contribution in [0.5, 0.6) is 0 Å². The highest BCUT2D eigenvalue weighted by atomic mass is 32.1. The number of rotatable bonds is 3. The van der Waals surface area contributed by atoms with E-state index in [4.69, 9.17) is 5.73 Å². The third-order valence-electron chi connectivity index (χ3n) is 2.83. The Morgan fingerprint density at radius 1 is 1.28 bits per heavy atom. The van der Waals surface area contributed by atoms with E-state index in [1.54, 1.807) is 11.3 Å². The molecule has 0 unspecified atom stereocenters. The first-order chi connectivity index (χ1) is 8.76. The second-order valence-electron chi connectivity index (χ2n) is 4.21. The molecule has 2 aromatic heterocycles. The third kappa shape index (κ3) is 2.02. The molecule has 2 heterocycles. The van der Waals surface area contributed by atoms with Crippen molar-refractivity contribution in [3.8, 4) is 11.3 Å². The van der Waals surface area contributed by atoms with Crippen LogP contribution < -0.4 is 5.73 Å². The van der Waals surface area contributed by atoms with Crippen LogP contribution in [-0.2, 0) is 6.42 Å². The molecule has 18 heavy (non-hydrogen) atoms. The zero-order valence-corrected chi connectivity index (χ0v) is 10.9. The second kappa shape index (κ2) is 4.51. The molecule has 0 saturated heterocycles. The number of nitrogens with zero attached hydrogens (tertiary/aromatic N) is 3. The zero-order valence-electron chi connectivity index (χ0n) is 10.1. The lowest BCUT2D eigenvalue weighted by atomic mass is 10.1. The normalized spacial score (nSPS) is 11.2. The molecule has 0 spiro atoms. The summed E-state index contributed by atoms with van der Waals surface area (Å²) >= 11 is 1.60. The van der Waals surface area contributed by atoms with Crippen LogP contribution >= 0.6 is 11.3 Å². The molecule has 0 saturated carbocycles. The number of hydrogen-bond donors (Lipinski definition) is 1. The number of benzene rings is 1. The first-order valence-corrected chi connectivity index (χ1v) is 6.70. The maximum atomic E-state index is 5.54. The molecule has 2 N–H and O–H groups in total. The molecule has 1 aromatic carbocycles. The molecule has 0 aliphatic rings. The molecule has 0 atom stereocenters. The standard InChI is InChI=1S/C13H14N4S/c1-9-16-17-8-12(15-13(17)18-9)11-4-2-10(3-5-11)6-7-14/h2-5,8H,6-7,14H2,1H3. The summed E-state index contributed by atoms with van der Waals surface area (Å²) in [6.07, 6.45) is 2.89. The lowest BCUT2D eigenvalue weighted by molar-refractivity contribution is 0.946. The van der Waals surface area contributed by atoms with Gasteiger partial charge in [0.05, 0.1) is 11.9 Å². The average Bonchev–Trinajstić information content (AvgIpc) is 2.87. The van der Waals surface area contributed by atoms with E-state index in [9.17, 15) is 0 Å². The van der Waals surface area contributed by atoms with Crippen molar-refractivity contribution in [3.63, 3.8) is 0 Å². The Kier molecular flexibility index (Phi) is 2.85. The van der Waals surface area contributed by atoms with E-state index in [1.165, 1.54) is 5.56 Å². The summed E-state index contributed by atoms with van der Waals surface area (Å²) in [6.45, 7) is 2.67. The minimum Gasteiger partial charge on any atom is -0.330 e. The SMILES string of the molecule is Cc1nn2cc(-c3ccc(CCN)cc3)nc2s1. The Morgan fingerprint density at radius 2 is 2.06 bits per heavy atom. The molecule has 0 radical (unpaired) electrons. The van der Waals surface area contributed by atoms with Gasteiger partial charge in [-0.1, -0.05) is 35.6 Å². The van der Waals surface area contributed by atoms with Crippen LogP contribution in [0, 0.1) is 6.92 Å². The molecule has 5 heteroatoms. The lowest BCUT2D eigenvalue weighted by Crippen LogP contribution is -2.02. The summed E-state index contributed by atoms with van der Waals surface area (Å²) in [5.74, 6) is 0. The van der Waals surface area contributed by atoms with E-state index in [0.29, 0.717) is 6.54 Å². The molecule has 3 aromatic rings. The molecule has 0 aliphatic heterocycles. The average molecular weight is 258 g/mol. The van der Waals surface area contributed by atoms with Crippen LogP contribution in [0.25, 0.3) is 16.2 Å². The summed E-state index contributed by atoms with van der Waals surface area (Å²) in [5, 5.41) is 5.39. The number of aryl methyl sites for hydroxylation is 1. The predicted octanol–water partition coefficient (Wildman–Crippen LogP) is 2.27. The molecule has 4 nitrogen and oxygen atoms in total. The topological polar surface area (TPSA) is 56.2 Å². The van der Waals surface area contributed by atoms with Crippen molar-refractivity contribution in [3.05, 3.63) is 41.0 Å². The van der Waals surface area contributed by atoms with Crippen molar-refractivity contribution < 1.29 is 0 Å². The number of aromatic nitrogens is 3. The van der Waals surface area contributed by atoms with E-state index >= 15 is 0 Å². The van der Waals surface area contributed by atoms with E-state index < -0.39 is 0 Å². The van der Waals surface area contributed by atoms with Gasteiger partial charge in [-0.05, 0) is 25.5 Å². The first-order valence-electron chi connectivity index (χ1n) is 5.88. The molecule has 3 rings (SSSR count). The Hall–Kier alpha value is -1.72. The van der Waals surface area contributed by atoms with Crippen molar-refractivity contribution in [1.29, 1.82) is 0 Å². The summed E-state index contributed by atoms with van der Waals surface area (Å²) in [4.78, 5) is 5.51. The van der Waals surface area contributed by atoms with Crippen LogP contribution in [0.15, 0.2) is 30.5 Å². The third-order valence-corrected chi connectivity index (χ3v) is 3.66. The quantitative estimate of drug-likeness (QED) is 0.784. The van der Waals surface area contributed by atoms with Gasteiger partial charge in [0.1, 0.15) is 5.01 Å². The molecular formula is C13H14N4S. The number of nitrogens with two attached hydrogens (primary N) is 1. The van der Waals surface area contributed by atoms with Gasteiger partial charge in [0.2, 0.25) is 4.96 Å². The van der Waals surface area contributed by atoms with Gasteiger partial charge in [0.15, 0.2) is 0 Å². The minimum atomic E-state index is 0.683. The van der Waals surface area contributed by atoms with Crippen LogP contribution in [-0.4, -0.2) is 21.1 Å². The Morgan fingerprint density at radius 3 is 2.72 bits per heavy atom. The van der Waals surface area contributed by atoms with Crippen molar-refractivity contribution >= 4 is 16.3 Å². The molecule has 92 valence electrons. The summed E-state index contributed by atoms with van der Waals surface area (Å²) in [6, 6.07) is 8.39. The highest BCUT2D eigenvalue weighted by molar-refractivity contribution is 7.16. The van der Waals surface area contributed by atoms with Crippen LogP contribution in [0.3, 0.4) is 0 Å². The van der Waals surface area contributed by atoms with Gasteiger partial charge in [-0.15, -0.1) is 0 Å². The Balaban J connectivity index is 1.95. The molecular weight excluding hydrogens is 244 g/mol. The fraction of sp³-hybridized carbons (Fsp3) is 0.231. The largest absolute Gasteiger partial charge is 0.330 e. The maximum Gasteiger partial charge on any atom is 0.212 e. The van der Waals surface area contributed by atoms with Gasteiger partial charge in [0.25, 0.3) is 0 Å². The van der Waals surface area contributed by atoms with Gasteiger partial charge in [-0.2, -0.15) is 5.10 Å². The van der Waals surface area contributed by atoms with Crippen molar-refractivity contribution in [2.24, 2.45) is 5.73 Å². The molecule has 0 bridgehead atoms. The van der Waals surface area contributed by atoms with E-state index in [-0.39, 0.29) is 0 Å². The summed E-state index contributed by atoms with van der Waals surface area (Å²) < 4.78 is 1.84. The maximum absolute atomic E-state index is 5.54. The summed E-state index contributed by atoms with van der Waals surface area (Å²) in [7, 11) is 0. The minimum absolute atomic E-state index is 0.683. The first kappa shape index (κ1) is 11.4. The van der Waals surface area contributed by atoms with E-state index in [1.807, 2.05) is 17.6 Å². The van der Waals surface area contributed by atoms with E-state index in [0.717, 1.165) is 27.6 Å². The van der Waals surface area contributed by atoms with Crippen molar-refractivity contribution in [2.75, 3.05) is 6.54 Å². The monoisotopic (exact) mass is 258 g/mol.